The van der Waals surface area contributed by atoms with Crippen molar-refractivity contribution in [2.45, 2.75) is 88.4 Å². The average Bonchev–Trinajstić information content (AvgIpc) is 3.45. The minimum atomic E-state index is -0.794. The highest BCUT2D eigenvalue weighted by Gasteiger charge is 2.40. The maximum Gasteiger partial charge on any atom is 0.261 e. The van der Waals surface area contributed by atoms with Crippen molar-refractivity contribution in [3.8, 4) is 0 Å². The van der Waals surface area contributed by atoms with Crippen LogP contribution in [0.3, 0.4) is 0 Å². The third-order valence-corrected chi connectivity index (χ3v) is 15.6. The molecule has 76 heavy (non-hydrogen) atoms. The number of nitrogens with zero attached hydrogens (tertiary/aromatic N) is 6. The molecular formula is C52H82N14O8S2. The highest BCUT2D eigenvalue weighted by molar-refractivity contribution is 7.80. The van der Waals surface area contributed by atoms with Gasteiger partial charge in [0.05, 0.1) is 12.1 Å². The number of nitrogens with two attached hydrogens (primary N) is 4. The van der Waals surface area contributed by atoms with Crippen LogP contribution in [0, 0.1) is 0 Å². The molecule has 0 radical (unpaired) electrons. The van der Waals surface area contributed by atoms with Crippen LogP contribution < -0.4 is 44.2 Å². The Morgan fingerprint density at radius 1 is 0.447 bits per heavy atom. The zero-order valence-electron chi connectivity index (χ0n) is 44.0. The number of hydrogen-bond donors (Lipinski definition) is 10. The van der Waals surface area contributed by atoms with Crippen LogP contribution in [0.25, 0.3) is 10.8 Å². The van der Waals surface area contributed by atoms with Gasteiger partial charge in [0.15, 0.2) is 0 Å². The molecule has 2 aromatic rings. The first kappa shape index (κ1) is 60.5. The van der Waals surface area contributed by atoms with E-state index < -0.39 is 59.6 Å². The van der Waals surface area contributed by atoms with Gasteiger partial charge in [0, 0.05) is 123 Å². The Morgan fingerprint density at radius 3 is 1.04 bits per heavy atom. The zero-order valence-corrected chi connectivity index (χ0v) is 45.8. The van der Waals surface area contributed by atoms with E-state index in [4.69, 9.17) is 22.9 Å². The molecule has 12 N–H and O–H groups in total. The van der Waals surface area contributed by atoms with Crippen LogP contribution in [-0.2, 0) is 19.2 Å². The number of piperazine rings is 2. The van der Waals surface area contributed by atoms with E-state index in [1.54, 1.807) is 24.3 Å². The van der Waals surface area contributed by atoms with Crippen molar-refractivity contribution in [3.05, 3.63) is 46.5 Å². The molecule has 0 aliphatic carbocycles. The van der Waals surface area contributed by atoms with Gasteiger partial charge in [0.1, 0.15) is 12.1 Å². The standard InChI is InChI=1S/C52H82N14O8S2/c53-15-3-1-9-41(59-45(67)39(55)33-75)47(69)57-17-5-19-61-25-29-63(30-26-61)21-7-23-65-49(71)35-11-13-37-44-38(14-12-36(43(35)44)50(65)72)52(74)66(51(37)73)24-8-22-64-31-27-62(28-32-64)20-6-18-58-48(70)42(10-2-4-16-54)60-46(68)40(56)34-76/h11-14,39-42,75-76H,1-10,15-34,53-56H2,(H,57,69)(H,58,70)(H,59,67)(H,60,68)/t39-,40-,41-,42-/m0/s1. The number of nitrogens with one attached hydrogen (secondary N) is 4. The molecule has 0 spiro atoms. The van der Waals surface area contributed by atoms with E-state index in [-0.39, 0.29) is 36.4 Å². The summed E-state index contributed by atoms with van der Waals surface area (Å²) >= 11 is 8.17. The molecule has 24 heteroatoms. The highest BCUT2D eigenvalue weighted by atomic mass is 32.1. The number of amides is 8. The largest absolute Gasteiger partial charge is 0.354 e. The van der Waals surface area contributed by atoms with Crippen LogP contribution in [0.1, 0.15) is 106 Å². The normalized spacial score (nSPS) is 18.2. The van der Waals surface area contributed by atoms with Gasteiger partial charge >= 0.3 is 0 Å². The van der Waals surface area contributed by atoms with Crippen LogP contribution in [0.15, 0.2) is 24.3 Å². The number of carbonyl (C=O) groups excluding carboxylic acids is 8. The Kier molecular flexibility index (Phi) is 24.2. The Balaban J connectivity index is 0.895. The fraction of sp³-hybridized carbons (Fsp3) is 0.654. The molecule has 4 aliphatic heterocycles. The topological polar surface area (TPSA) is 308 Å². The first-order chi connectivity index (χ1) is 36.7. The van der Waals surface area contributed by atoms with Gasteiger partial charge in [0.2, 0.25) is 23.6 Å². The van der Waals surface area contributed by atoms with E-state index in [0.29, 0.717) is 111 Å². The lowest BCUT2D eigenvalue weighted by atomic mass is 9.86. The molecule has 2 fully saturated rings. The fourth-order valence-electron chi connectivity index (χ4n) is 10.3. The van der Waals surface area contributed by atoms with Crippen LogP contribution in [0.5, 0.6) is 0 Å². The minimum absolute atomic E-state index is 0.177. The SMILES string of the molecule is NCCCC[C@H](NC(=O)[C@@H](N)CS)C(=O)NCCCN1CCN(CCCN2C(=O)c3ccc4c5c(ccc(c35)C2=O)C(=O)N(CCCN2CCN(CCCNC(=O)[C@H](CCCCN)NC(=O)[C@@H](N)CS)CC2)C4=O)CC1. The van der Waals surface area contributed by atoms with Gasteiger partial charge in [0.25, 0.3) is 23.6 Å². The summed E-state index contributed by atoms with van der Waals surface area (Å²) in [6, 6.07) is 3.50. The summed E-state index contributed by atoms with van der Waals surface area (Å²) in [5, 5.41) is 12.1. The van der Waals surface area contributed by atoms with Gasteiger partial charge in [-0.05, 0) is 128 Å². The van der Waals surface area contributed by atoms with Crippen molar-refractivity contribution in [1.82, 2.24) is 50.7 Å². The third-order valence-electron chi connectivity index (χ3n) is 14.8. The van der Waals surface area contributed by atoms with Gasteiger partial charge in [-0.2, -0.15) is 25.3 Å². The summed E-state index contributed by atoms with van der Waals surface area (Å²) in [6.45, 7) is 12.0. The number of carbonyl (C=O) groups is 8. The van der Waals surface area contributed by atoms with Crippen molar-refractivity contribution in [2.24, 2.45) is 22.9 Å². The lowest BCUT2D eigenvalue weighted by molar-refractivity contribution is -0.129. The molecular weight excluding hydrogens is 1010 g/mol. The molecule has 0 saturated carbocycles. The Labute approximate surface area is 457 Å². The van der Waals surface area contributed by atoms with E-state index in [2.05, 4.69) is 66.1 Å². The van der Waals surface area contributed by atoms with E-state index >= 15 is 0 Å². The van der Waals surface area contributed by atoms with E-state index in [1.165, 1.54) is 9.80 Å². The fourth-order valence-corrected chi connectivity index (χ4v) is 10.6. The quantitative estimate of drug-likeness (QED) is 0.0234. The second kappa shape index (κ2) is 30.4. The molecule has 0 unspecified atom stereocenters. The average molecular weight is 1100 g/mol. The predicted octanol–water partition coefficient (Wildman–Crippen LogP) is -1.20. The van der Waals surface area contributed by atoms with Crippen molar-refractivity contribution in [3.63, 3.8) is 0 Å². The molecule has 420 valence electrons. The molecule has 4 aliphatic rings. The van der Waals surface area contributed by atoms with E-state index in [9.17, 15) is 38.4 Å². The number of unbranched alkanes of at least 4 members (excludes halogenated alkanes) is 2. The molecule has 6 rings (SSSR count). The Hall–Kier alpha value is -4.76. The predicted molar refractivity (Wildman–Crippen MR) is 298 cm³/mol. The number of rotatable bonds is 32. The molecule has 22 nitrogen and oxygen atoms in total. The second-order valence-electron chi connectivity index (χ2n) is 20.2. The summed E-state index contributed by atoms with van der Waals surface area (Å²) in [4.78, 5) is 118. The van der Waals surface area contributed by atoms with Crippen molar-refractivity contribution in [1.29, 1.82) is 0 Å². The number of benzene rings is 2. The van der Waals surface area contributed by atoms with E-state index in [1.807, 2.05) is 0 Å². The van der Waals surface area contributed by atoms with Crippen LogP contribution in [-0.4, -0.2) is 230 Å². The summed E-state index contributed by atoms with van der Waals surface area (Å²) in [5.41, 5.74) is 24.1. The van der Waals surface area contributed by atoms with Crippen molar-refractivity contribution < 1.29 is 38.4 Å². The van der Waals surface area contributed by atoms with Crippen molar-refractivity contribution in [2.75, 3.05) is 129 Å². The number of thiol groups is 2. The second-order valence-corrected chi connectivity index (χ2v) is 21.0. The third kappa shape index (κ3) is 16.2. The lowest BCUT2D eigenvalue weighted by Crippen LogP contribution is -2.52. The number of imide groups is 2. The maximum atomic E-state index is 14.0. The molecule has 8 amide bonds. The summed E-state index contributed by atoms with van der Waals surface area (Å²) in [6.07, 6.45) is 6.51. The van der Waals surface area contributed by atoms with Crippen LogP contribution >= 0.6 is 25.3 Å². The molecule has 2 aromatic carbocycles. The smallest absolute Gasteiger partial charge is 0.261 e. The zero-order chi connectivity index (χ0) is 54.7. The minimum Gasteiger partial charge on any atom is -0.354 e. The Bertz CT molecular complexity index is 2120. The van der Waals surface area contributed by atoms with Gasteiger partial charge in [-0.1, -0.05) is 0 Å². The molecule has 4 heterocycles. The first-order valence-corrected chi connectivity index (χ1v) is 28.5. The summed E-state index contributed by atoms with van der Waals surface area (Å²) < 4.78 is 0. The first-order valence-electron chi connectivity index (χ1n) is 27.2. The number of hydrogen-bond acceptors (Lipinski definition) is 18. The van der Waals surface area contributed by atoms with Crippen LogP contribution in [0.2, 0.25) is 0 Å². The lowest BCUT2D eigenvalue weighted by Gasteiger charge is -2.36. The summed E-state index contributed by atoms with van der Waals surface area (Å²) in [5.74, 6) is -2.68. The van der Waals surface area contributed by atoms with Gasteiger partial charge in [-0.3, -0.25) is 48.2 Å². The monoisotopic (exact) mass is 1090 g/mol. The van der Waals surface area contributed by atoms with Gasteiger partial charge in [-0.25, -0.2) is 0 Å². The summed E-state index contributed by atoms with van der Waals surface area (Å²) in [7, 11) is 0. The maximum absolute atomic E-state index is 14.0. The Morgan fingerprint density at radius 2 is 0.750 bits per heavy atom. The van der Waals surface area contributed by atoms with Crippen LogP contribution in [0.4, 0.5) is 0 Å². The van der Waals surface area contributed by atoms with E-state index in [0.717, 1.165) is 91.1 Å². The molecule has 4 atom stereocenters. The van der Waals surface area contributed by atoms with Gasteiger partial charge < -0.3 is 63.8 Å². The molecule has 2 saturated heterocycles. The van der Waals surface area contributed by atoms with Crippen molar-refractivity contribution >= 4 is 83.3 Å². The molecule has 0 bridgehead atoms. The molecule has 0 aromatic heterocycles. The van der Waals surface area contributed by atoms with Gasteiger partial charge in [-0.15, -0.1) is 0 Å². The highest BCUT2D eigenvalue weighted by Crippen LogP contribution is 2.38.